The summed E-state index contributed by atoms with van der Waals surface area (Å²) in [4.78, 5) is 24.0. The molecule has 4 rings (SSSR count). The van der Waals surface area contributed by atoms with Crippen LogP contribution in [0.15, 0.2) is 53.7 Å². The first kappa shape index (κ1) is 17.3. The van der Waals surface area contributed by atoms with Crippen LogP contribution in [0.4, 0.5) is 5.69 Å². The second-order valence-electron chi connectivity index (χ2n) is 5.99. The van der Waals surface area contributed by atoms with Crippen LogP contribution in [-0.2, 0) is 11.8 Å². The molecule has 1 N–H and O–H groups in total. The topological polar surface area (TPSA) is 86.1 Å². The molecule has 0 saturated carbocycles. The molecule has 0 unspecified atom stereocenters. The van der Waals surface area contributed by atoms with Crippen molar-refractivity contribution in [2.24, 2.45) is 7.05 Å². The summed E-state index contributed by atoms with van der Waals surface area (Å²) in [6, 6.07) is 14.8. The summed E-state index contributed by atoms with van der Waals surface area (Å²) >= 11 is 1.32. The Labute approximate surface area is 159 Å². The molecule has 1 aliphatic heterocycles. The summed E-state index contributed by atoms with van der Waals surface area (Å²) in [5, 5.41) is 11.8. The Hall–Kier alpha value is -3.13. The maximum atomic E-state index is 12.5. The zero-order chi connectivity index (χ0) is 18.8. The molecule has 0 atom stereocenters. The maximum absolute atomic E-state index is 12.5. The fourth-order valence-corrected chi connectivity index (χ4v) is 3.55. The van der Waals surface area contributed by atoms with Gasteiger partial charge in [0, 0.05) is 18.2 Å². The molecule has 0 bridgehead atoms. The first-order valence-electron chi connectivity index (χ1n) is 8.29. The summed E-state index contributed by atoms with van der Waals surface area (Å²) in [5.74, 6) is 1.24. The third kappa shape index (κ3) is 3.56. The van der Waals surface area contributed by atoms with Gasteiger partial charge in [-0.05, 0) is 18.2 Å². The van der Waals surface area contributed by atoms with E-state index < -0.39 is 0 Å². The second-order valence-corrected chi connectivity index (χ2v) is 6.93. The lowest BCUT2D eigenvalue weighted by Crippen LogP contribution is -2.25. The van der Waals surface area contributed by atoms with Crippen LogP contribution < -0.4 is 10.1 Å². The van der Waals surface area contributed by atoms with Gasteiger partial charge in [0.2, 0.25) is 0 Å². The van der Waals surface area contributed by atoms with Gasteiger partial charge in [0.05, 0.1) is 11.4 Å². The molecular weight excluding hydrogens is 364 g/mol. The first-order chi connectivity index (χ1) is 13.1. The van der Waals surface area contributed by atoms with E-state index in [-0.39, 0.29) is 24.1 Å². The largest absolute Gasteiger partial charge is 0.482 e. The molecular formula is C19H16N4O3S. The fraction of sp³-hybridized carbons (Fsp3) is 0.158. The molecule has 0 fully saturated rings. The van der Waals surface area contributed by atoms with Crippen LogP contribution >= 0.6 is 11.8 Å². The number of Topliss-reactive ketones (excluding diaryl/α,β-unsaturated/α-hetero) is 1. The van der Waals surface area contributed by atoms with Gasteiger partial charge >= 0.3 is 0 Å². The highest BCUT2D eigenvalue weighted by Gasteiger charge is 2.19. The van der Waals surface area contributed by atoms with Crippen molar-refractivity contribution in [2.75, 3.05) is 17.7 Å². The number of ether oxygens (including phenoxy) is 1. The average molecular weight is 380 g/mol. The molecule has 0 aliphatic carbocycles. The van der Waals surface area contributed by atoms with Crippen LogP contribution in [-0.4, -0.2) is 38.8 Å². The van der Waals surface area contributed by atoms with Crippen LogP contribution in [0.5, 0.6) is 5.75 Å². The molecule has 2 aromatic carbocycles. The van der Waals surface area contributed by atoms with Crippen LogP contribution in [0.25, 0.3) is 11.4 Å². The number of ketones is 1. The summed E-state index contributed by atoms with van der Waals surface area (Å²) in [7, 11) is 1.88. The summed E-state index contributed by atoms with van der Waals surface area (Å²) in [6.07, 6.45) is 0. The SMILES string of the molecule is Cn1c(SCC(=O)c2ccc3c(c2)NC(=O)CO3)nnc1-c1ccccc1. The van der Waals surface area contributed by atoms with Gasteiger partial charge < -0.3 is 14.6 Å². The van der Waals surface area contributed by atoms with E-state index in [4.69, 9.17) is 4.74 Å². The Kier molecular flexibility index (Phi) is 4.64. The van der Waals surface area contributed by atoms with Gasteiger partial charge in [-0.3, -0.25) is 9.59 Å². The molecule has 1 aliphatic rings. The number of nitrogens with one attached hydrogen (secondary N) is 1. The number of nitrogens with zero attached hydrogens (tertiary/aromatic N) is 3. The predicted octanol–water partition coefficient (Wildman–Crippen LogP) is 2.79. The highest BCUT2D eigenvalue weighted by atomic mass is 32.2. The van der Waals surface area contributed by atoms with E-state index in [1.807, 2.05) is 41.9 Å². The van der Waals surface area contributed by atoms with Crippen molar-refractivity contribution >= 4 is 29.1 Å². The predicted molar refractivity (Wildman–Crippen MR) is 102 cm³/mol. The molecule has 7 nitrogen and oxygen atoms in total. The maximum Gasteiger partial charge on any atom is 0.262 e. The number of amides is 1. The Balaban J connectivity index is 1.47. The van der Waals surface area contributed by atoms with Crippen LogP contribution in [0.3, 0.4) is 0 Å². The number of hydrogen-bond donors (Lipinski definition) is 1. The van der Waals surface area contributed by atoms with Gasteiger partial charge in [-0.1, -0.05) is 42.1 Å². The summed E-state index contributed by atoms with van der Waals surface area (Å²) in [5.41, 5.74) is 2.00. The van der Waals surface area contributed by atoms with E-state index in [0.29, 0.717) is 22.2 Å². The highest BCUT2D eigenvalue weighted by molar-refractivity contribution is 7.99. The van der Waals surface area contributed by atoms with E-state index in [1.54, 1.807) is 18.2 Å². The van der Waals surface area contributed by atoms with E-state index in [1.165, 1.54) is 11.8 Å². The fourth-order valence-electron chi connectivity index (χ4n) is 2.75. The van der Waals surface area contributed by atoms with E-state index in [0.717, 1.165) is 11.4 Å². The van der Waals surface area contributed by atoms with Crippen molar-refractivity contribution in [1.29, 1.82) is 0 Å². The molecule has 0 spiro atoms. The summed E-state index contributed by atoms with van der Waals surface area (Å²) < 4.78 is 7.18. The molecule has 0 saturated heterocycles. The molecule has 1 amide bonds. The van der Waals surface area contributed by atoms with Gasteiger partial charge in [-0.25, -0.2) is 0 Å². The van der Waals surface area contributed by atoms with Gasteiger partial charge in [-0.2, -0.15) is 0 Å². The van der Waals surface area contributed by atoms with Crippen molar-refractivity contribution < 1.29 is 14.3 Å². The number of hydrogen-bond acceptors (Lipinski definition) is 6. The van der Waals surface area contributed by atoms with Crippen molar-refractivity contribution in [2.45, 2.75) is 5.16 Å². The number of anilines is 1. The Morgan fingerprint density at radius 3 is 2.85 bits per heavy atom. The minimum atomic E-state index is -0.228. The number of thioether (sulfide) groups is 1. The number of aromatic nitrogens is 3. The standard InChI is InChI=1S/C19H16N4O3S/c1-23-18(12-5-3-2-4-6-12)21-22-19(23)27-11-15(24)13-7-8-16-14(9-13)20-17(25)10-26-16/h2-9H,10-11H2,1H3,(H,20,25). The smallest absolute Gasteiger partial charge is 0.262 e. The number of rotatable bonds is 5. The lowest BCUT2D eigenvalue weighted by molar-refractivity contribution is -0.118. The van der Waals surface area contributed by atoms with E-state index in [2.05, 4.69) is 15.5 Å². The van der Waals surface area contributed by atoms with Crippen LogP contribution in [0, 0.1) is 0 Å². The second kappa shape index (κ2) is 7.24. The quantitative estimate of drug-likeness (QED) is 0.541. The average Bonchev–Trinajstić information content (AvgIpc) is 3.06. The van der Waals surface area contributed by atoms with Gasteiger partial charge in [-0.15, -0.1) is 10.2 Å². The van der Waals surface area contributed by atoms with E-state index in [9.17, 15) is 9.59 Å². The molecule has 1 aromatic heterocycles. The molecule has 3 aromatic rings. The van der Waals surface area contributed by atoms with Gasteiger partial charge in [0.25, 0.3) is 5.91 Å². The van der Waals surface area contributed by atoms with Crippen molar-refractivity contribution in [3.05, 3.63) is 54.1 Å². The Bertz CT molecular complexity index is 1020. The monoisotopic (exact) mass is 380 g/mol. The van der Waals surface area contributed by atoms with Crippen molar-refractivity contribution in [3.63, 3.8) is 0 Å². The number of benzene rings is 2. The lowest BCUT2D eigenvalue weighted by Gasteiger charge is -2.18. The minimum Gasteiger partial charge on any atom is -0.482 e. The third-order valence-electron chi connectivity index (χ3n) is 4.13. The number of carbonyl (C=O) groups excluding carboxylic acids is 2. The molecule has 27 heavy (non-hydrogen) atoms. The van der Waals surface area contributed by atoms with E-state index >= 15 is 0 Å². The molecule has 0 radical (unpaired) electrons. The van der Waals surface area contributed by atoms with Crippen LogP contribution in [0.2, 0.25) is 0 Å². The first-order valence-corrected chi connectivity index (χ1v) is 9.28. The molecule has 8 heteroatoms. The lowest BCUT2D eigenvalue weighted by atomic mass is 10.1. The van der Waals surface area contributed by atoms with Crippen molar-refractivity contribution in [3.8, 4) is 17.1 Å². The van der Waals surface area contributed by atoms with Crippen molar-refractivity contribution in [1.82, 2.24) is 14.8 Å². The molecule has 2 heterocycles. The zero-order valence-corrected chi connectivity index (χ0v) is 15.3. The molecule has 136 valence electrons. The normalized spacial score (nSPS) is 12.9. The Morgan fingerprint density at radius 1 is 1.22 bits per heavy atom. The number of carbonyl (C=O) groups is 2. The van der Waals surface area contributed by atoms with Gasteiger partial charge in [0.1, 0.15) is 5.75 Å². The third-order valence-corrected chi connectivity index (χ3v) is 5.15. The van der Waals surface area contributed by atoms with Gasteiger partial charge in [0.15, 0.2) is 23.4 Å². The Morgan fingerprint density at radius 2 is 2.04 bits per heavy atom. The summed E-state index contributed by atoms with van der Waals surface area (Å²) in [6.45, 7) is -0.00789. The zero-order valence-electron chi connectivity index (χ0n) is 14.5. The van der Waals surface area contributed by atoms with Crippen LogP contribution in [0.1, 0.15) is 10.4 Å². The number of fused-ring (bicyclic) bond motifs is 1. The minimum absolute atomic E-state index is 0.00789. The highest BCUT2D eigenvalue weighted by Crippen LogP contribution is 2.29.